The fourth-order valence-corrected chi connectivity index (χ4v) is 2.19. The summed E-state index contributed by atoms with van der Waals surface area (Å²) < 4.78 is 10.1. The van der Waals surface area contributed by atoms with E-state index in [0.717, 1.165) is 12.8 Å². The van der Waals surface area contributed by atoms with Crippen molar-refractivity contribution in [3.05, 3.63) is 0 Å². The SMILES string of the molecule is CCCCCCC[C@H](O)C[C@H](O)CCC(OC)OC. The van der Waals surface area contributed by atoms with Gasteiger partial charge >= 0.3 is 0 Å². The zero-order chi connectivity index (χ0) is 14.5. The molecular formula is C15H32O4. The Labute approximate surface area is 118 Å². The molecule has 0 bridgehead atoms. The summed E-state index contributed by atoms with van der Waals surface area (Å²) in [6, 6.07) is 0. The fourth-order valence-electron chi connectivity index (χ4n) is 2.19. The van der Waals surface area contributed by atoms with Crippen LogP contribution in [0.4, 0.5) is 0 Å². The van der Waals surface area contributed by atoms with Crippen molar-refractivity contribution in [1.29, 1.82) is 0 Å². The predicted octanol–water partition coefficient (Wildman–Crippen LogP) is 2.86. The maximum Gasteiger partial charge on any atom is 0.156 e. The molecule has 0 aromatic rings. The van der Waals surface area contributed by atoms with Gasteiger partial charge in [0.05, 0.1) is 12.2 Å². The van der Waals surface area contributed by atoms with Gasteiger partial charge in [-0.3, -0.25) is 0 Å². The molecule has 0 spiro atoms. The van der Waals surface area contributed by atoms with E-state index in [4.69, 9.17) is 9.47 Å². The van der Waals surface area contributed by atoms with Crippen LogP contribution in [-0.4, -0.2) is 42.9 Å². The lowest BCUT2D eigenvalue weighted by molar-refractivity contribution is -0.111. The molecule has 0 aliphatic rings. The Kier molecular flexibility index (Phi) is 12.7. The Morgan fingerprint density at radius 1 is 0.789 bits per heavy atom. The van der Waals surface area contributed by atoms with Crippen molar-refractivity contribution in [3.63, 3.8) is 0 Å². The van der Waals surface area contributed by atoms with E-state index in [1.165, 1.54) is 25.7 Å². The lowest BCUT2D eigenvalue weighted by Crippen LogP contribution is -2.21. The van der Waals surface area contributed by atoms with Crippen LogP contribution in [0.25, 0.3) is 0 Å². The fraction of sp³-hybridized carbons (Fsp3) is 1.00. The zero-order valence-corrected chi connectivity index (χ0v) is 12.8. The Morgan fingerprint density at radius 3 is 1.95 bits per heavy atom. The highest BCUT2D eigenvalue weighted by Gasteiger charge is 2.14. The molecule has 4 heteroatoms. The third-order valence-electron chi connectivity index (χ3n) is 3.45. The van der Waals surface area contributed by atoms with E-state index in [-0.39, 0.29) is 12.4 Å². The monoisotopic (exact) mass is 276 g/mol. The molecule has 0 saturated heterocycles. The van der Waals surface area contributed by atoms with Gasteiger partial charge in [-0.2, -0.15) is 0 Å². The summed E-state index contributed by atoms with van der Waals surface area (Å²) in [5.41, 5.74) is 0. The lowest BCUT2D eigenvalue weighted by Gasteiger charge is -2.18. The normalized spacial score (nSPS) is 14.8. The van der Waals surface area contributed by atoms with Gasteiger partial charge in [-0.1, -0.05) is 39.0 Å². The zero-order valence-electron chi connectivity index (χ0n) is 12.8. The van der Waals surface area contributed by atoms with Crippen molar-refractivity contribution in [1.82, 2.24) is 0 Å². The van der Waals surface area contributed by atoms with Gasteiger partial charge in [0.25, 0.3) is 0 Å². The van der Waals surface area contributed by atoms with Gasteiger partial charge in [-0.05, 0) is 19.3 Å². The highest BCUT2D eigenvalue weighted by atomic mass is 16.7. The molecule has 19 heavy (non-hydrogen) atoms. The second-order valence-electron chi connectivity index (χ2n) is 5.22. The lowest BCUT2D eigenvalue weighted by atomic mass is 10.0. The maximum absolute atomic E-state index is 9.83. The quantitative estimate of drug-likeness (QED) is 0.401. The molecule has 0 aliphatic carbocycles. The molecular weight excluding hydrogens is 244 g/mol. The Morgan fingerprint density at radius 2 is 1.37 bits per heavy atom. The van der Waals surface area contributed by atoms with Crippen LogP contribution in [0.3, 0.4) is 0 Å². The molecule has 0 saturated carbocycles. The summed E-state index contributed by atoms with van der Waals surface area (Å²) in [6.45, 7) is 2.19. The molecule has 0 fully saturated rings. The van der Waals surface area contributed by atoms with Gasteiger partial charge in [0, 0.05) is 20.6 Å². The molecule has 2 N–H and O–H groups in total. The molecule has 0 radical (unpaired) electrons. The van der Waals surface area contributed by atoms with Crippen molar-refractivity contribution in [2.75, 3.05) is 14.2 Å². The third-order valence-corrected chi connectivity index (χ3v) is 3.45. The number of aliphatic hydroxyl groups is 2. The van der Waals surface area contributed by atoms with Crippen molar-refractivity contribution in [2.24, 2.45) is 0 Å². The van der Waals surface area contributed by atoms with Crippen molar-refractivity contribution in [2.45, 2.75) is 83.2 Å². The first-order valence-corrected chi connectivity index (χ1v) is 7.55. The topological polar surface area (TPSA) is 58.9 Å². The summed E-state index contributed by atoms with van der Waals surface area (Å²) >= 11 is 0. The standard InChI is InChI=1S/C15H32O4/c1-4-5-6-7-8-9-13(16)12-14(17)10-11-15(18-2)19-3/h13-17H,4-12H2,1-3H3/t13-,14+/m0/s1. The second-order valence-corrected chi connectivity index (χ2v) is 5.22. The van der Waals surface area contributed by atoms with Crippen molar-refractivity contribution < 1.29 is 19.7 Å². The molecule has 4 nitrogen and oxygen atoms in total. The average molecular weight is 276 g/mol. The van der Waals surface area contributed by atoms with Gasteiger partial charge in [0.15, 0.2) is 6.29 Å². The van der Waals surface area contributed by atoms with Gasteiger partial charge in [0.2, 0.25) is 0 Å². The number of aliphatic hydroxyl groups excluding tert-OH is 2. The van der Waals surface area contributed by atoms with Crippen molar-refractivity contribution in [3.8, 4) is 0 Å². The van der Waals surface area contributed by atoms with Gasteiger partial charge in [0.1, 0.15) is 0 Å². The van der Waals surface area contributed by atoms with Crippen LogP contribution in [-0.2, 0) is 9.47 Å². The third kappa shape index (κ3) is 11.4. The van der Waals surface area contributed by atoms with Gasteiger partial charge < -0.3 is 19.7 Å². The van der Waals surface area contributed by atoms with Crippen LogP contribution in [0.5, 0.6) is 0 Å². The first kappa shape index (κ1) is 18.8. The largest absolute Gasteiger partial charge is 0.393 e. The van der Waals surface area contributed by atoms with Crippen LogP contribution >= 0.6 is 0 Å². The van der Waals surface area contributed by atoms with Crippen LogP contribution in [0, 0.1) is 0 Å². The second kappa shape index (κ2) is 12.9. The average Bonchev–Trinajstić information content (AvgIpc) is 2.39. The first-order chi connectivity index (χ1) is 9.13. The molecule has 0 aromatic carbocycles. The molecule has 0 aromatic heterocycles. The van der Waals surface area contributed by atoms with Crippen LogP contribution in [0.15, 0.2) is 0 Å². The number of ether oxygens (including phenoxy) is 2. The van der Waals surface area contributed by atoms with E-state index in [0.29, 0.717) is 19.3 Å². The Hall–Kier alpha value is -0.160. The van der Waals surface area contributed by atoms with Gasteiger partial charge in [-0.15, -0.1) is 0 Å². The van der Waals surface area contributed by atoms with Gasteiger partial charge in [-0.25, -0.2) is 0 Å². The Bertz CT molecular complexity index is 183. The number of methoxy groups -OCH3 is 2. The van der Waals surface area contributed by atoms with Crippen molar-refractivity contribution >= 4 is 0 Å². The summed E-state index contributed by atoms with van der Waals surface area (Å²) in [5.74, 6) is 0. The number of unbranched alkanes of at least 4 members (excludes halogenated alkanes) is 4. The number of rotatable bonds is 13. The van der Waals surface area contributed by atoms with Crippen LogP contribution in [0.2, 0.25) is 0 Å². The number of hydrogen-bond donors (Lipinski definition) is 2. The number of hydrogen-bond acceptors (Lipinski definition) is 4. The molecule has 0 rings (SSSR count). The van der Waals surface area contributed by atoms with E-state index in [1.807, 2.05) is 0 Å². The highest BCUT2D eigenvalue weighted by Crippen LogP contribution is 2.14. The molecule has 116 valence electrons. The smallest absolute Gasteiger partial charge is 0.156 e. The van der Waals surface area contributed by atoms with Crippen LogP contribution in [0.1, 0.15) is 64.7 Å². The van der Waals surface area contributed by atoms with E-state index in [1.54, 1.807) is 14.2 Å². The maximum atomic E-state index is 9.83. The summed E-state index contributed by atoms with van der Waals surface area (Å²) in [5, 5.41) is 19.7. The van der Waals surface area contributed by atoms with E-state index >= 15 is 0 Å². The minimum atomic E-state index is -0.474. The molecule has 2 atom stereocenters. The first-order valence-electron chi connectivity index (χ1n) is 7.55. The van der Waals surface area contributed by atoms with Crippen LogP contribution < -0.4 is 0 Å². The van der Waals surface area contributed by atoms with E-state index in [2.05, 4.69) is 6.92 Å². The Balaban J connectivity index is 3.54. The molecule has 0 aliphatic heterocycles. The molecule has 0 unspecified atom stereocenters. The minimum absolute atomic E-state index is 0.263. The molecule has 0 heterocycles. The van der Waals surface area contributed by atoms with E-state index < -0.39 is 6.10 Å². The minimum Gasteiger partial charge on any atom is -0.393 e. The predicted molar refractivity (Wildman–Crippen MR) is 77.0 cm³/mol. The summed E-state index contributed by atoms with van der Waals surface area (Å²) in [6.07, 6.45) is 7.34. The summed E-state index contributed by atoms with van der Waals surface area (Å²) in [7, 11) is 3.18. The summed E-state index contributed by atoms with van der Waals surface area (Å²) in [4.78, 5) is 0. The highest BCUT2D eigenvalue weighted by molar-refractivity contribution is 4.65. The molecule has 0 amide bonds. The van der Waals surface area contributed by atoms with E-state index in [9.17, 15) is 10.2 Å².